The van der Waals surface area contributed by atoms with Gasteiger partial charge in [0, 0.05) is 17.0 Å². The second-order valence-corrected chi connectivity index (χ2v) is 6.11. The van der Waals surface area contributed by atoms with Crippen molar-refractivity contribution < 1.29 is 0 Å². The van der Waals surface area contributed by atoms with Crippen molar-refractivity contribution in [1.29, 1.82) is 5.26 Å². The van der Waals surface area contributed by atoms with Crippen LogP contribution in [0.4, 0.5) is 0 Å². The first kappa shape index (κ1) is 13.4. The van der Waals surface area contributed by atoms with Gasteiger partial charge in [0.05, 0.1) is 5.56 Å². The molecule has 1 heterocycles. The van der Waals surface area contributed by atoms with E-state index in [4.69, 9.17) is 5.26 Å². The van der Waals surface area contributed by atoms with Crippen LogP contribution in [-0.2, 0) is 5.41 Å². The fourth-order valence-electron chi connectivity index (χ4n) is 2.20. The van der Waals surface area contributed by atoms with E-state index in [0.29, 0.717) is 0 Å². The minimum Gasteiger partial charge on any atom is -0.358 e. The first-order chi connectivity index (χ1) is 8.82. The zero-order chi connectivity index (χ0) is 14.2. The molecule has 2 rings (SSSR count). The summed E-state index contributed by atoms with van der Waals surface area (Å²) in [5, 5.41) is 9.06. The van der Waals surface area contributed by atoms with E-state index in [-0.39, 0.29) is 5.41 Å². The molecule has 0 saturated heterocycles. The predicted molar refractivity (Wildman–Crippen MR) is 79.1 cm³/mol. The summed E-state index contributed by atoms with van der Waals surface area (Å²) >= 11 is 0. The lowest BCUT2D eigenvalue weighted by atomic mass is 9.85. The van der Waals surface area contributed by atoms with E-state index in [0.717, 1.165) is 17.0 Å². The van der Waals surface area contributed by atoms with Crippen LogP contribution >= 0.6 is 0 Å². The highest BCUT2D eigenvalue weighted by Crippen LogP contribution is 2.30. The normalized spacial score (nSPS) is 11.4. The van der Waals surface area contributed by atoms with Gasteiger partial charge in [-0.15, -0.1) is 0 Å². The van der Waals surface area contributed by atoms with E-state index in [1.165, 1.54) is 16.7 Å². The zero-order valence-corrected chi connectivity index (χ0v) is 12.3. The van der Waals surface area contributed by atoms with Crippen molar-refractivity contribution in [3.8, 4) is 17.3 Å². The van der Waals surface area contributed by atoms with Crippen molar-refractivity contribution >= 4 is 0 Å². The summed E-state index contributed by atoms with van der Waals surface area (Å²) in [7, 11) is 0. The molecule has 0 radical (unpaired) electrons. The van der Waals surface area contributed by atoms with Crippen LogP contribution in [0.2, 0.25) is 0 Å². The SMILES string of the molecule is Cc1ccc(C(C)(C)C)cc1-c1cc(C#N)c(C)[nH]1. The van der Waals surface area contributed by atoms with Gasteiger partial charge in [0.25, 0.3) is 0 Å². The maximum atomic E-state index is 9.06. The molecule has 0 saturated carbocycles. The van der Waals surface area contributed by atoms with Crippen LogP contribution in [0.3, 0.4) is 0 Å². The van der Waals surface area contributed by atoms with Gasteiger partial charge >= 0.3 is 0 Å². The summed E-state index contributed by atoms with van der Waals surface area (Å²) in [5.74, 6) is 0. The second kappa shape index (κ2) is 4.59. The van der Waals surface area contributed by atoms with Crippen molar-refractivity contribution in [2.45, 2.75) is 40.0 Å². The third-order valence-electron chi connectivity index (χ3n) is 3.53. The van der Waals surface area contributed by atoms with Crippen LogP contribution in [0.15, 0.2) is 24.3 Å². The quantitative estimate of drug-likeness (QED) is 0.799. The molecular formula is C17H20N2. The number of benzene rings is 1. The Balaban J connectivity index is 2.58. The molecule has 0 amide bonds. The van der Waals surface area contributed by atoms with Gasteiger partial charge in [0.15, 0.2) is 0 Å². The van der Waals surface area contributed by atoms with Crippen LogP contribution in [0.25, 0.3) is 11.3 Å². The molecule has 0 aliphatic rings. The van der Waals surface area contributed by atoms with Crippen LogP contribution in [-0.4, -0.2) is 4.98 Å². The van der Waals surface area contributed by atoms with Gasteiger partial charge in [0.1, 0.15) is 6.07 Å². The van der Waals surface area contributed by atoms with Gasteiger partial charge in [-0.05, 0) is 42.5 Å². The van der Waals surface area contributed by atoms with E-state index in [2.05, 4.69) is 56.9 Å². The molecular weight excluding hydrogens is 232 g/mol. The standard InChI is InChI=1S/C17H20N2/c1-11-6-7-14(17(3,4)5)9-15(11)16-8-13(10-18)12(2)19-16/h6-9,19H,1-5H3. The molecule has 2 nitrogen and oxygen atoms in total. The van der Waals surface area contributed by atoms with E-state index in [1.54, 1.807) is 0 Å². The first-order valence-corrected chi connectivity index (χ1v) is 6.54. The first-order valence-electron chi connectivity index (χ1n) is 6.54. The molecule has 19 heavy (non-hydrogen) atoms. The monoisotopic (exact) mass is 252 g/mol. The van der Waals surface area contributed by atoms with Gasteiger partial charge in [-0.3, -0.25) is 0 Å². The van der Waals surface area contributed by atoms with Gasteiger partial charge in [-0.1, -0.05) is 32.9 Å². The fourth-order valence-corrected chi connectivity index (χ4v) is 2.20. The number of aromatic nitrogens is 1. The Hall–Kier alpha value is -2.01. The van der Waals surface area contributed by atoms with Crippen LogP contribution in [0, 0.1) is 25.2 Å². The summed E-state index contributed by atoms with van der Waals surface area (Å²) in [6.07, 6.45) is 0. The van der Waals surface area contributed by atoms with Crippen molar-refractivity contribution in [3.05, 3.63) is 46.6 Å². The number of nitrogens with one attached hydrogen (secondary N) is 1. The molecule has 0 aliphatic carbocycles. The lowest BCUT2D eigenvalue weighted by molar-refractivity contribution is 0.590. The third kappa shape index (κ3) is 2.56. The molecule has 98 valence electrons. The second-order valence-electron chi connectivity index (χ2n) is 6.11. The predicted octanol–water partition coefficient (Wildman–Crippen LogP) is 4.47. The Morgan fingerprint density at radius 3 is 2.32 bits per heavy atom. The van der Waals surface area contributed by atoms with Crippen molar-refractivity contribution in [3.63, 3.8) is 0 Å². The minimum absolute atomic E-state index is 0.127. The van der Waals surface area contributed by atoms with E-state index >= 15 is 0 Å². The van der Waals surface area contributed by atoms with E-state index in [9.17, 15) is 0 Å². The van der Waals surface area contributed by atoms with Gasteiger partial charge in [-0.25, -0.2) is 0 Å². The topological polar surface area (TPSA) is 39.6 Å². The number of rotatable bonds is 1. The number of hydrogen-bond acceptors (Lipinski definition) is 1. The highest BCUT2D eigenvalue weighted by molar-refractivity contribution is 5.67. The Labute approximate surface area is 115 Å². The lowest BCUT2D eigenvalue weighted by Gasteiger charge is -2.20. The van der Waals surface area contributed by atoms with Crippen LogP contribution in [0.5, 0.6) is 0 Å². The summed E-state index contributed by atoms with van der Waals surface area (Å²) < 4.78 is 0. The van der Waals surface area contributed by atoms with Crippen LogP contribution in [0.1, 0.15) is 43.2 Å². The molecule has 0 aliphatic heterocycles. The van der Waals surface area contributed by atoms with Crippen molar-refractivity contribution in [2.75, 3.05) is 0 Å². The van der Waals surface area contributed by atoms with E-state index < -0.39 is 0 Å². The van der Waals surface area contributed by atoms with E-state index in [1.807, 2.05) is 13.0 Å². The third-order valence-corrected chi connectivity index (χ3v) is 3.53. The van der Waals surface area contributed by atoms with Gasteiger partial charge < -0.3 is 4.98 Å². The number of nitriles is 1. The van der Waals surface area contributed by atoms with Gasteiger partial charge in [0.2, 0.25) is 0 Å². The van der Waals surface area contributed by atoms with Crippen molar-refractivity contribution in [1.82, 2.24) is 4.98 Å². The Morgan fingerprint density at radius 1 is 1.11 bits per heavy atom. The van der Waals surface area contributed by atoms with Crippen molar-refractivity contribution in [2.24, 2.45) is 0 Å². The Kier molecular flexibility index (Phi) is 3.24. The van der Waals surface area contributed by atoms with Crippen LogP contribution < -0.4 is 0 Å². The molecule has 1 aromatic carbocycles. The lowest BCUT2D eigenvalue weighted by Crippen LogP contribution is -2.11. The average Bonchev–Trinajstić information content (AvgIpc) is 2.69. The molecule has 0 bridgehead atoms. The molecule has 0 atom stereocenters. The minimum atomic E-state index is 0.127. The summed E-state index contributed by atoms with van der Waals surface area (Å²) in [6.45, 7) is 10.7. The molecule has 2 heteroatoms. The summed E-state index contributed by atoms with van der Waals surface area (Å²) in [6, 6.07) is 10.7. The Bertz CT molecular complexity index is 649. The Morgan fingerprint density at radius 2 is 1.79 bits per heavy atom. The summed E-state index contributed by atoms with van der Waals surface area (Å²) in [5.41, 5.74) is 6.50. The molecule has 0 fully saturated rings. The number of H-pyrrole nitrogens is 1. The number of hydrogen-bond donors (Lipinski definition) is 1. The maximum absolute atomic E-state index is 9.06. The number of aromatic amines is 1. The summed E-state index contributed by atoms with van der Waals surface area (Å²) in [4.78, 5) is 3.31. The molecule has 1 N–H and O–H groups in total. The highest BCUT2D eigenvalue weighted by atomic mass is 14.7. The number of nitrogens with zero attached hydrogens (tertiary/aromatic N) is 1. The molecule has 1 aromatic heterocycles. The highest BCUT2D eigenvalue weighted by Gasteiger charge is 2.16. The fraction of sp³-hybridized carbons (Fsp3) is 0.353. The number of aryl methyl sites for hydroxylation is 2. The largest absolute Gasteiger partial charge is 0.358 e. The molecule has 0 unspecified atom stereocenters. The maximum Gasteiger partial charge on any atom is 0.101 e. The zero-order valence-electron chi connectivity index (χ0n) is 12.3. The smallest absolute Gasteiger partial charge is 0.101 e. The average molecular weight is 252 g/mol. The molecule has 2 aromatic rings. The van der Waals surface area contributed by atoms with Gasteiger partial charge in [-0.2, -0.15) is 5.26 Å². The molecule has 0 spiro atoms.